The summed E-state index contributed by atoms with van der Waals surface area (Å²) in [5.74, 6) is -0.904. The molecular formula is C14H29NO6SSi. The van der Waals surface area contributed by atoms with Gasteiger partial charge in [0.05, 0.1) is 6.42 Å². The van der Waals surface area contributed by atoms with E-state index < -0.39 is 14.8 Å². The van der Waals surface area contributed by atoms with Gasteiger partial charge in [-0.1, -0.05) is 18.7 Å². The Hall–Kier alpha value is -0.613. The fourth-order valence-electron chi connectivity index (χ4n) is 2.01. The first-order valence-electron chi connectivity index (χ1n) is 7.97. The van der Waals surface area contributed by atoms with E-state index in [0.717, 1.165) is 11.8 Å². The molecule has 9 heteroatoms. The number of hydrogen-bond acceptors (Lipinski definition) is 6. The van der Waals surface area contributed by atoms with Crippen LogP contribution in [0.5, 0.6) is 0 Å². The molecule has 0 saturated carbocycles. The van der Waals surface area contributed by atoms with E-state index in [4.69, 9.17) is 18.4 Å². The van der Waals surface area contributed by atoms with Crippen molar-refractivity contribution in [2.45, 2.75) is 51.8 Å². The van der Waals surface area contributed by atoms with Gasteiger partial charge in [-0.3, -0.25) is 9.59 Å². The van der Waals surface area contributed by atoms with Gasteiger partial charge in [-0.25, -0.2) is 0 Å². The van der Waals surface area contributed by atoms with Gasteiger partial charge in [0.1, 0.15) is 0 Å². The minimum absolute atomic E-state index is 0.0346. The quantitative estimate of drug-likeness (QED) is 0.382. The Morgan fingerprint density at radius 1 is 1.13 bits per heavy atom. The number of carboxylic acids is 1. The highest BCUT2D eigenvalue weighted by atomic mass is 32.2. The van der Waals surface area contributed by atoms with Gasteiger partial charge in [-0.15, -0.1) is 0 Å². The maximum atomic E-state index is 11.7. The Kier molecular flexibility index (Phi) is 12.4. The summed E-state index contributed by atoms with van der Waals surface area (Å²) in [7, 11) is -2.66. The first-order valence-corrected chi connectivity index (χ1v) is 10.8. The van der Waals surface area contributed by atoms with Crippen molar-refractivity contribution >= 4 is 31.8 Å². The van der Waals surface area contributed by atoms with Gasteiger partial charge in [0.2, 0.25) is 0 Å². The summed E-state index contributed by atoms with van der Waals surface area (Å²) in [4.78, 5) is 22.3. The highest BCUT2D eigenvalue weighted by Crippen LogP contribution is 2.18. The van der Waals surface area contributed by atoms with Crippen LogP contribution in [0.2, 0.25) is 6.04 Å². The lowest BCUT2D eigenvalue weighted by molar-refractivity contribution is -0.136. The summed E-state index contributed by atoms with van der Waals surface area (Å²) in [6, 6.07) is 0.637. The summed E-state index contributed by atoms with van der Waals surface area (Å²) >= 11 is 1.00. The molecule has 0 heterocycles. The molecular weight excluding hydrogens is 338 g/mol. The fourth-order valence-corrected chi connectivity index (χ4v) is 5.40. The zero-order valence-electron chi connectivity index (χ0n) is 14.4. The molecule has 136 valence electrons. The Morgan fingerprint density at radius 3 is 2.09 bits per heavy atom. The van der Waals surface area contributed by atoms with Crippen molar-refractivity contribution in [1.82, 2.24) is 5.32 Å². The lowest BCUT2D eigenvalue weighted by atomic mass is 10.3. The van der Waals surface area contributed by atoms with E-state index in [1.54, 1.807) is 6.92 Å². The largest absolute Gasteiger partial charge is 0.500 e. The van der Waals surface area contributed by atoms with Crippen LogP contribution in [0.15, 0.2) is 0 Å². The zero-order valence-corrected chi connectivity index (χ0v) is 16.2. The normalized spacial score (nSPS) is 12.9. The predicted octanol–water partition coefficient (Wildman–Crippen LogP) is 2.73. The molecule has 0 aliphatic carbocycles. The first-order chi connectivity index (χ1) is 10.9. The number of carbonyl (C=O) groups excluding carboxylic acids is 1. The molecule has 0 aromatic rings. The van der Waals surface area contributed by atoms with Gasteiger partial charge >= 0.3 is 14.8 Å². The van der Waals surface area contributed by atoms with Gasteiger partial charge in [0.15, 0.2) is 0 Å². The van der Waals surface area contributed by atoms with Crippen molar-refractivity contribution in [2.75, 3.05) is 26.4 Å². The van der Waals surface area contributed by atoms with Gasteiger partial charge in [0, 0.05) is 37.7 Å². The number of nitrogens with one attached hydrogen (secondary N) is 1. The van der Waals surface area contributed by atoms with Crippen LogP contribution in [-0.4, -0.2) is 56.7 Å². The highest BCUT2D eigenvalue weighted by Gasteiger charge is 2.39. The van der Waals surface area contributed by atoms with Crippen LogP contribution < -0.4 is 5.32 Å². The minimum atomic E-state index is -2.66. The average Bonchev–Trinajstić information content (AvgIpc) is 2.43. The number of carbonyl (C=O) groups is 2. The van der Waals surface area contributed by atoms with Gasteiger partial charge in [0.25, 0.3) is 5.24 Å². The van der Waals surface area contributed by atoms with E-state index in [1.807, 2.05) is 20.8 Å². The molecule has 1 atom stereocenters. The molecule has 0 rings (SSSR count). The fraction of sp³-hybridized carbons (Fsp3) is 0.857. The third kappa shape index (κ3) is 10.7. The second kappa shape index (κ2) is 12.8. The molecule has 0 saturated heterocycles. The van der Waals surface area contributed by atoms with E-state index in [2.05, 4.69) is 5.32 Å². The van der Waals surface area contributed by atoms with Crippen molar-refractivity contribution in [3.05, 3.63) is 0 Å². The lowest BCUT2D eigenvalue weighted by Crippen LogP contribution is -2.46. The second-order valence-corrected chi connectivity index (χ2v) is 8.97. The van der Waals surface area contributed by atoms with Crippen molar-refractivity contribution < 1.29 is 28.0 Å². The molecule has 0 spiro atoms. The predicted molar refractivity (Wildman–Crippen MR) is 92.8 cm³/mol. The molecule has 0 bridgehead atoms. The van der Waals surface area contributed by atoms with Gasteiger partial charge in [-0.05, 0) is 27.2 Å². The summed E-state index contributed by atoms with van der Waals surface area (Å²) in [6.07, 6.45) is 0.652. The third-order valence-electron chi connectivity index (χ3n) is 2.79. The number of thioether (sulfide) groups is 1. The van der Waals surface area contributed by atoms with E-state index >= 15 is 0 Å². The molecule has 2 N–H and O–H groups in total. The molecule has 1 unspecified atom stereocenters. The van der Waals surface area contributed by atoms with Crippen molar-refractivity contribution in [3.63, 3.8) is 0 Å². The summed E-state index contributed by atoms with van der Waals surface area (Å²) < 4.78 is 17.2. The molecule has 0 fully saturated rings. The topological polar surface area (TPSA) is 94.1 Å². The number of rotatable bonds is 13. The number of aliphatic carboxylic acids is 1. The van der Waals surface area contributed by atoms with Crippen LogP contribution in [0, 0.1) is 0 Å². The van der Waals surface area contributed by atoms with Crippen LogP contribution in [0.3, 0.4) is 0 Å². The van der Waals surface area contributed by atoms with Crippen LogP contribution >= 0.6 is 11.8 Å². The maximum absolute atomic E-state index is 11.7. The Labute approximate surface area is 143 Å². The Balaban J connectivity index is 4.18. The third-order valence-corrected chi connectivity index (χ3v) is 6.87. The number of hydrogen-bond donors (Lipinski definition) is 2. The van der Waals surface area contributed by atoms with E-state index in [1.165, 1.54) is 0 Å². The number of amides is 1. The van der Waals surface area contributed by atoms with E-state index in [9.17, 15) is 9.59 Å². The molecule has 0 aliphatic heterocycles. The molecule has 23 heavy (non-hydrogen) atoms. The van der Waals surface area contributed by atoms with Gasteiger partial charge < -0.3 is 23.7 Å². The van der Waals surface area contributed by atoms with Crippen molar-refractivity contribution in [1.29, 1.82) is 0 Å². The molecule has 0 radical (unpaired) electrons. The highest BCUT2D eigenvalue weighted by molar-refractivity contribution is 8.14. The summed E-state index contributed by atoms with van der Waals surface area (Å²) in [6.45, 7) is 9.50. The molecule has 0 aromatic heterocycles. The Morgan fingerprint density at radius 2 is 1.65 bits per heavy atom. The summed E-state index contributed by atoms with van der Waals surface area (Å²) in [5.41, 5.74) is 0. The van der Waals surface area contributed by atoms with Gasteiger partial charge in [-0.2, -0.15) is 0 Å². The molecule has 7 nitrogen and oxygen atoms in total. The minimum Gasteiger partial charge on any atom is -0.481 e. The van der Waals surface area contributed by atoms with E-state index in [-0.39, 0.29) is 16.9 Å². The van der Waals surface area contributed by atoms with Crippen LogP contribution in [0.1, 0.15) is 40.5 Å². The lowest BCUT2D eigenvalue weighted by Gasteiger charge is -2.28. The first kappa shape index (κ1) is 22.4. The smallest absolute Gasteiger partial charge is 0.481 e. The van der Waals surface area contributed by atoms with Crippen LogP contribution in [0.25, 0.3) is 0 Å². The second-order valence-electron chi connectivity index (χ2n) is 4.83. The molecule has 0 aliphatic rings. The molecule has 1 amide bonds. The van der Waals surface area contributed by atoms with Crippen molar-refractivity contribution in [3.8, 4) is 0 Å². The maximum Gasteiger partial charge on any atom is 0.500 e. The average molecular weight is 368 g/mol. The van der Waals surface area contributed by atoms with E-state index in [0.29, 0.717) is 38.8 Å². The van der Waals surface area contributed by atoms with Crippen LogP contribution in [-0.2, 0) is 18.1 Å². The standard InChI is InChI=1S/C14H29NO6SSi/c1-5-19-23(20-6-2,21-7-3)10-8-9-15-14(18)22-12(4)11-13(16)17/h12H,5-11H2,1-4H3,(H,15,18)(H,16,17). The number of carboxylic acid groups (broad SMARTS) is 1. The molecule has 0 aromatic carbocycles. The monoisotopic (exact) mass is 367 g/mol. The van der Waals surface area contributed by atoms with Crippen molar-refractivity contribution in [2.24, 2.45) is 0 Å². The zero-order chi connectivity index (χ0) is 17.7. The SMILES string of the molecule is CCO[Si](CCCNC(=O)SC(C)CC(=O)O)(OCC)OCC. The summed E-state index contributed by atoms with van der Waals surface area (Å²) in [5, 5.41) is 11.0. The Bertz CT molecular complexity index is 341. The van der Waals surface area contributed by atoms with Crippen LogP contribution in [0.4, 0.5) is 4.79 Å².